The molecule has 2 aromatic carbocycles. The molecule has 24 heavy (non-hydrogen) atoms. The minimum absolute atomic E-state index is 0.00999. The van der Waals surface area contributed by atoms with Crippen molar-refractivity contribution in [1.82, 2.24) is 0 Å². The first-order chi connectivity index (χ1) is 11.6. The lowest BCUT2D eigenvalue weighted by molar-refractivity contribution is -0.385. The van der Waals surface area contributed by atoms with E-state index in [4.69, 9.17) is 14.2 Å². The monoisotopic (exact) mass is 327 g/mol. The van der Waals surface area contributed by atoms with Crippen molar-refractivity contribution in [2.75, 3.05) is 20.5 Å². The third kappa shape index (κ3) is 3.09. The maximum absolute atomic E-state index is 11.5. The van der Waals surface area contributed by atoms with E-state index in [0.717, 1.165) is 22.4 Å². The maximum Gasteiger partial charge on any atom is 0.280 e. The van der Waals surface area contributed by atoms with Crippen LogP contribution >= 0.6 is 0 Å². The van der Waals surface area contributed by atoms with Crippen LogP contribution in [0, 0.1) is 17.0 Å². The van der Waals surface area contributed by atoms with Gasteiger partial charge in [0.2, 0.25) is 0 Å². The van der Waals surface area contributed by atoms with Gasteiger partial charge in [0.05, 0.1) is 16.6 Å². The van der Waals surface area contributed by atoms with Gasteiger partial charge in [-0.1, -0.05) is 11.6 Å². The normalized spacial score (nSPS) is 12.8. The van der Waals surface area contributed by atoms with E-state index < -0.39 is 4.92 Å². The van der Waals surface area contributed by atoms with Gasteiger partial charge in [-0.2, -0.15) is 0 Å². The number of nitro groups is 1. The van der Waals surface area contributed by atoms with Crippen molar-refractivity contribution in [1.29, 1.82) is 0 Å². The fourth-order valence-electron chi connectivity index (χ4n) is 2.67. The molecule has 0 aromatic heterocycles. The molecule has 0 atom stereocenters. The molecule has 0 unspecified atom stereocenters. The van der Waals surface area contributed by atoms with Gasteiger partial charge in [-0.25, -0.2) is 0 Å². The average molecular weight is 327 g/mol. The van der Waals surface area contributed by atoms with Crippen LogP contribution in [0.5, 0.6) is 11.5 Å². The van der Waals surface area contributed by atoms with Gasteiger partial charge in [-0.3, -0.25) is 10.1 Å². The van der Waals surface area contributed by atoms with Crippen molar-refractivity contribution in [3.63, 3.8) is 0 Å². The molecule has 0 saturated heterocycles. The Labute approximate surface area is 139 Å². The van der Waals surface area contributed by atoms with Gasteiger partial charge in [0, 0.05) is 12.7 Å². The molecular formula is C18H17NO5. The van der Waals surface area contributed by atoms with Crippen molar-refractivity contribution in [3.05, 3.63) is 69.3 Å². The number of nitrogens with zero attached hydrogens (tertiary/aromatic N) is 1. The van der Waals surface area contributed by atoms with Crippen molar-refractivity contribution in [2.45, 2.75) is 6.92 Å². The molecule has 3 rings (SSSR count). The number of rotatable bonds is 5. The molecule has 0 N–H and O–H groups in total. The maximum atomic E-state index is 11.5. The molecule has 0 bridgehead atoms. The fourth-order valence-corrected chi connectivity index (χ4v) is 2.67. The number of aryl methyl sites for hydroxylation is 1. The van der Waals surface area contributed by atoms with E-state index in [-0.39, 0.29) is 12.5 Å². The largest absolute Gasteiger partial charge is 0.489 e. The average Bonchev–Trinajstić information content (AvgIpc) is 2.59. The van der Waals surface area contributed by atoms with E-state index in [1.54, 1.807) is 12.1 Å². The lowest BCUT2D eigenvalue weighted by atomic mass is 9.93. The standard InChI is InChI=1S/C18H17NO5/c1-12-3-6-18-16(9-12)14(7-8-23-18)15-5-4-13(24-11-22-2)10-17(15)19(20)21/h3-7,9-10H,8,11H2,1-2H3. The molecule has 2 aromatic rings. The van der Waals surface area contributed by atoms with E-state index in [2.05, 4.69) is 0 Å². The number of hydrogen-bond donors (Lipinski definition) is 0. The van der Waals surface area contributed by atoms with Crippen LogP contribution in [0.15, 0.2) is 42.5 Å². The first kappa shape index (κ1) is 16.0. The van der Waals surface area contributed by atoms with Crippen molar-refractivity contribution >= 4 is 11.3 Å². The zero-order valence-electron chi connectivity index (χ0n) is 13.4. The van der Waals surface area contributed by atoms with Crippen LogP contribution in [0.1, 0.15) is 16.7 Å². The van der Waals surface area contributed by atoms with Gasteiger partial charge in [0.15, 0.2) is 6.79 Å². The highest BCUT2D eigenvalue weighted by Gasteiger charge is 2.23. The molecule has 0 fully saturated rings. The molecule has 0 radical (unpaired) electrons. The summed E-state index contributed by atoms with van der Waals surface area (Å²) in [4.78, 5) is 11.1. The van der Waals surface area contributed by atoms with Crippen LogP contribution in [-0.2, 0) is 4.74 Å². The minimum Gasteiger partial charge on any atom is -0.489 e. The highest BCUT2D eigenvalue weighted by molar-refractivity contribution is 5.88. The number of methoxy groups -OCH3 is 1. The predicted octanol–water partition coefficient (Wildman–Crippen LogP) is 3.71. The first-order valence-corrected chi connectivity index (χ1v) is 7.44. The highest BCUT2D eigenvalue weighted by atomic mass is 16.7. The third-order valence-corrected chi connectivity index (χ3v) is 3.75. The zero-order chi connectivity index (χ0) is 17.1. The Hall–Kier alpha value is -2.86. The smallest absolute Gasteiger partial charge is 0.280 e. The van der Waals surface area contributed by atoms with Gasteiger partial charge in [-0.05, 0) is 42.8 Å². The zero-order valence-corrected chi connectivity index (χ0v) is 13.4. The summed E-state index contributed by atoms with van der Waals surface area (Å²) in [6, 6.07) is 10.6. The summed E-state index contributed by atoms with van der Waals surface area (Å²) in [5.74, 6) is 1.12. The van der Waals surface area contributed by atoms with E-state index in [1.807, 2.05) is 31.2 Å². The van der Waals surface area contributed by atoms with Crippen molar-refractivity contribution in [3.8, 4) is 11.5 Å². The molecule has 6 nitrogen and oxygen atoms in total. The van der Waals surface area contributed by atoms with E-state index in [0.29, 0.717) is 17.9 Å². The van der Waals surface area contributed by atoms with Gasteiger partial charge >= 0.3 is 0 Å². The Morgan fingerprint density at radius 2 is 2.04 bits per heavy atom. The summed E-state index contributed by atoms with van der Waals surface area (Å²) < 4.78 is 15.8. The second kappa shape index (κ2) is 6.72. The lowest BCUT2D eigenvalue weighted by Gasteiger charge is -2.19. The molecule has 1 heterocycles. The quantitative estimate of drug-likeness (QED) is 0.475. The molecule has 124 valence electrons. The van der Waals surface area contributed by atoms with Crippen LogP contribution in [-0.4, -0.2) is 25.4 Å². The summed E-state index contributed by atoms with van der Waals surface area (Å²) in [6.07, 6.45) is 1.86. The number of ether oxygens (including phenoxy) is 3. The van der Waals surface area contributed by atoms with Crippen LogP contribution in [0.25, 0.3) is 5.57 Å². The number of benzene rings is 2. The topological polar surface area (TPSA) is 70.8 Å². The summed E-state index contributed by atoms with van der Waals surface area (Å²) >= 11 is 0. The van der Waals surface area contributed by atoms with Gasteiger partial charge in [0.1, 0.15) is 18.1 Å². The van der Waals surface area contributed by atoms with Crippen LogP contribution in [0.4, 0.5) is 5.69 Å². The summed E-state index contributed by atoms with van der Waals surface area (Å²) in [5.41, 5.74) is 3.25. The highest BCUT2D eigenvalue weighted by Crippen LogP contribution is 2.39. The Morgan fingerprint density at radius 1 is 1.21 bits per heavy atom. The molecule has 6 heteroatoms. The van der Waals surface area contributed by atoms with Gasteiger partial charge in [0.25, 0.3) is 5.69 Å². The van der Waals surface area contributed by atoms with Gasteiger partial charge in [-0.15, -0.1) is 0 Å². The van der Waals surface area contributed by atoms with E-state index in [9.17, 15) is 10.1 Å². The molecular weight excluding hydrogens is 310 g/mol. The Bertz CT molecular complexity index is 813. The Kier molecular flexibility index (Phi) is 4.48. The van der Waals surface area contributed by atoms with Gasteiger partial charge < -0.3 is 14.2 Å². The lowest BCUT2D eigenvalue weighted by Crippen LogP contribution is -2.07. The summed E-state index contributed by atoms with van der Waals surface area (Å²) in [6.45, 7) is 2.39. The van der Waals surface area contributed by atoms with Crippen LogP contribution in [0.2, 0.25) is 0 Å². The Balaban J connectivity index is 2.08. The van der Waals surface area contributed by atoms with E-state index in [1.165, 1.54) is 13.2 Å². The minimum atomic E-state index is -0.402. The first-order valence-electron chi connectivity index (χ1n) is 7.44. The molecule has 0 amide bonds. The molecule has 1 aliphatic heterocycles. The molecule has 0 aliphatic carbocycles. The van der Waals surface area contributed by atoms with Crippen molar-refractivity contribution in [2.24, 2.45) is 0 Å². The van der Waals surface area contributed by atoms with Crippen LogP contribution < -0.4 is 9.47 Å². The summed E-state index contributed by atoms with van der Waals surface area (Å²) in [7, 11) is 1.49. The number of hydrogen-bond acceptors (Lipinski definition) is 5. The number of nitro benzene ring substituents is 1. The second-order valence-electron chi connectivity index (χ2n) is 5.42. The fraction of sp³-hybridized carbons (Fsp3) is 0.222. The second-order valence-corrected chi connectivity index (χ2v) is 5.42. The third-order valence-electron chi connectivity index (χ3n) is 3.75. The predicted molar refractivity (Wildman–Crippen MR) is 89.4 cm³/mol. The molecule has 0 spiro atoms. The molecule has 0 saturated carbocycles. The molecule has 1 aliphatic rings. The summed E-state index contributed by atoms with van der Waals surface area (Å²) in [5, 5.41) is 11.5. The SMILES string of the molecule is COCOc1ccc(C2=CCOc3ccc(C)cc32)c([N+](=O)[O-])c1. The van der Waals surface area contributed by atoms with Crippen molar-refractivity contribution < 1.29 is 19.1 Å². The van der Waals surface area contributed by atoms with Crippen LogP contribution in [0.3, 0.4) is 0 Å². The Morgan fingerprint density at radius 3 is 2.79 bits per heavy atom. The van der Waals surface area contributed by atoms with E-state index >= 15 is 0 Å². The number of fused-ring (bicyclic) bond motifs is 1.